The number of carbonyl (C=O) groups excluding carboxylic acids is 1. The van der Waals surface area contributed by atoms with Crippen molar-refractivity contribution >= 4 is 51.4 Å². The zero-order chi connectivity index (χ0) is 15.6. The number of amides is 1. The van der Waals surface area contributed by atoms with E-state index in [2.05, 4.69) is 5.32 Å². The Bertz CT molecular complexity index is 737. The fraction of sp³-hybridized carbons (Fsp3) is 0. The van der Waals surface area contributed by atoms with Crippen molar-refractivity contribution in [2.45, 2.75) is 0 Å². The first-order valence-corrected chi connectivity index (χ1v) is 7.26. The Hall–Kier alpha value is -1.74. The van der Waals surface area contributed by atoms with Gasteiger partial charge in [0.05, 0.1) is 9.26 Å². The fourth-order valence-corrected chi connectivity index (χ4v) is 2.18. The van der Waals surface area contributed by atoms with Crippen LogP contribution in [0, 0.1) is 9.39 Å². The predicted octanol–water partition coefficient (Wildman–Crippen LogP) is 3.02. The van der Waals surface area contributed by atoms with Crippen LogP contribution >= 0.6 is 34.8 Å². The first-order valence-electron chi connectivity index (χ1n) is 5.77. The van der Waals surface area contributed by atoms with Gasteiger partial charge in [-0.25, -0.2) is 4.39 Å². The van der Waals surface area contributed by atoms with E-state index in [1.165, 1.54) is 18.2 Å². The summed E-state index contributed by atoms with van der Waals surface area (Å²) in [5, 5.41) is 12.2. The molecule has 0 unspecified atom stereocenters. The van der Waals surface area contributed by atoms with E-state index in [-0.39, 0.29) is 21.9 Å². The van der Waals surface area contributed by atoms with Crippen LogP contribution in [0.15, 0.2) is 36.4 Å². The van der Waals surface area contributed by atoms with Crippen molar-refractivity contribution in [2.24, 2.45) is 5.73 Å². The van der Waals surface area contributed by atoms with Crippen LogP contribution in [0.2, 0.25) is 0 Å². The molecule has 7 heteroatoms. The smallest absolute Gasteiger partial charge is 0.255 e. The van der Waals surface area contributed by atoms with E-state index in [9.17, 15) is 14.3 Å². The monoisotopic (exact) mass is 416 g/mol. The molecule has 1 amide bonds. The van der Waals surface area contributed by atoms with Gasteiger partial charge < -0.3 is 16.2 Å². The van der Waals surface area contributed by atoms with Crippen LogP contribution in [0.4, 0.5) is 10.1 Å². The van der Waals surface area contributed by atoms with Gasteiger partial charge in [0.1, 0.15) is 16.6 Å². The number of benzene rings is 2. The highest BCUT2D eigenvalue weighted by atomic mass is 127. The van der Waals surface area contributed by atoms with Crippen molar-refractivity contribution in [1.82, 2.24) is 0 Å². The quantitative estimate of drug-likeness (QED) is 0.531. The van der Waals surface area contributed by atoms with E-state index in [0.717, 1.165) is 6.07 Å². The largest absolute Gasteiger partial charge is 0.507 e. The Morgan fingerprint density at radius 2 is 2.00 bits per heavy atom. The van der Waals surface area contributed by atoms with Crippen LogP contribution in [0.25, 0.3) is 0 Å². The van der Waals surface area contributed by atoms with Gasteiger partial charge in [-0.1, -0.05) is 12.2 Å². The molecule has 0 aliphatic rings. The van der Waals surface area contributed by atoms with Crippen LogP contribution in [0.5, 0.6) is 5.75 Å². The highest BCUT2D eigenvalue weighted by molar-refractivity contribution is 14.1. The Kier molecular flexibility index (Phi) is 4.73. The highest BCUT2D eigenvalue weighted by Crippen LogP contribution is 2.22. The summed E-state index contributed by atoms with van der Waals surface area (Å²) in [6, 6.07) is 8.27. The molecule has 0 heterocycles. The third-order valence-corrected chi connectivity index (χ3v) is 3.84. The molecule has 0 radical (unpaired) electrons. The van der Waals surface area contributed by atoms with Gasteiger partial charge >= 0.3 is 0 Å². The molecule has 0 atom stereocenters. The third-order valence-electron chi connectivity index (χ3n) is 2.70. The fourth-order valence-electron chi connectivity index (χ4n) is 1.68. The van der Waals surface area contributed by atoms with Gasteiger partial charge in [0.2, 0.25) is 0 Å². The number of hydrogen-bond donors (Lipinski definition) is 3. The number of nitrogens with one attached hydrogen (secondary N) is 1. The Morgan fingerprint density at radius 3 is 2.62 bits per heavy atom. The third kappa shape index (κ3) is 3.67. The molecule has 0 fully saturated rings. The molecule has 0 saturated carbocycles. The molecule has 4 nitrogen and oxygen atoms in total. The predicted molar refractivity (Wildman–Crippen MR) is 91.1 cm³/mol. The van der Waals surface area contributed by atoms with E-state index in [1.54, 1.807) is 12.1 Å². The minimum Gasteiger partial charge on any atom is -0.507 e. The van der Waals surface area contributed by atoms with E-state index < -0.39 is 11.7 Å². The van der Waals surface area contributed by atoms with E-state index in [1.807, 2.05) is 22.6 Å². The Morgan fingerprint density at radius 1 is 1.29 bits per heavy atom. The maximum Gasteiger partial charge on any atom is 0.255 e. The SMILES string of the molecule is NC(=S)c1cc(F)ccc1NC(=O)c1ccc(I)c(O)c1. The van der Waals surface area contributed by atoms with Crippen LogP contribution in [-0.4, -0.2) is 16.0 Å². The Balaban J connectivity index is 2.31. The molecule has 0 saturated heterocycles. The molecule has 0 aliphatic carbocycles. The minimum absolute atomic E-state index is 0.0110. The molecule has 0 aromatic heterocycles. The summed E-state index contributed by atoms with van der Waals surface area (Å²) in [5.74, 6) is -0.939. The summed E-state index contributed by atoms with van der Waals surface area (Å²) in [5.41, 5.74) is 6.34. The number of phenolic OH excluding ortho intramolecular Hbond substituents is 1. The number of carbonyl (C=O) groups is 1. The second-order valence-electron chi connectivity index (χ2n) is 4.17. The summed E-state index contributed by atoms with van der Waals surface area (Å²) in [7, 11) is 0. The topological polar surface area (TPSA) is 75.3 Å². The van der Waals surface area contributed by atoms with Crippen molar-refractivity contribution < 1.29 is 14.3 Å². The molecular weight excluding hydrogens is 406 g/mol. The number of hydrogen-bond acceptors (Lipinski definition) is 3. The van der Waals surface area contributed by atoms with Gasteiger partial charge in [-0.2, -0.15) is 0 Å². The summed E-state index contributed by atoms with van der Waals surface area (Å²) in [6.07, 6.45) is 0. The second kappa shape index (κ2) is 6.35. The maximum atomic E-state index is 13.2. The summed E-state index contributed by atoms with van der Waals surface area (Å²) in [4.78, 5) is 12.1. The molecule has 108 valence electrons. The lowest BCUT2D eigenvalue weighted by Gasteiger charge is -2.10. The van der Waals surface area contributed by atoms with Crippen LogP contribution < -0.4 is 11.1 Å². The number of rotatable bonds is 3. The van der Waals surface area contributed by atoms with Crippen LogP contribution in [0.1, 0.15) is 15.9 Å². The molecule has 21 heavy (non-hydrogen) atoms. The molecule has 2 aromatic carbocycles. The molecule has 4 N–H and O–H groups in total. The second-order valence-corrected chi connectivity index (χ2v) is 5.78. The summed E-state index contributed by atoms with van der Waals surface area (Å²) in [6.45, 7) is 0. The van der Waals surface area contributed by atoms with Gasteiger partial charge in [0, 0.05) is 11.1 Å². The van der Waals surface area contributed by atoms with E-state index >= 15 is 0 Å². The number of nitrogens with two attached hydrogens (primary N) is 1. The number of phenols is 1. The van der Waals surface area contributed by atoms with Crippen molar-refractivity contribution in [3.05, 3.63) is 56.9 Å². The van der Waals surface area contributed by atoms with Gasteiger partial charge in [-0.05, 0) is 59.0 Å². The average molecular weight is 416 g/mol. The summed E-state index contributed by atoms with van der Waals surface area (Å²) >= 11 is 6.78. The van der Waals surface area contributed by atoms with E-state index in [0.29, 0.717) is 9.26 Å². The van der Waals surface area contributed by atoms with Crippen molar-refractivity contribution in [3.8, 4) is 5.75 Å². The number of aromatic hydroxyl groups is 1. The van der Waals surface area contributed by atoms with E-state index in [4.69, 9.17) is 18.0 Å². The van der Waals surface area contributed by atoms with Gasteiger partial charge in [-0.3, -0.25) is 4.79 Å². The van der Waals surface area contributed by atoms with Crippen molar-refractivity contribution in [2.75, 3.05) is 5.32 Å². The lowest BCUT2D eigenvalue weighted by atomic mass is 10.1. The molecule has 0 bridgehead atoms. The number of halogens is 2. The van der Waals surface area contributed by atoms with Crippen LogP contribution in [-0.2, 0) is 0 Å². The average Bonchev–Trinajstić information content (AvgIpc) is 2.43. The van der Waals surface area contributed by atoms with Gasteiger partial charge in [0.15, 0.2) is 0 Å². The minimum atomic E-state index is -0.497. The lowest BCUT2D eigenvalue weighted by molar-refractivity contribution is 0.102. The van der Waals surface area contributed by atoms with Gasteiger partial charge in [-0.15, -0.1) is 0 Å². The highest BCUT2D eigenvalue weighted by Gasteiger charge is 2.13. The Labute approximate surface area is 139 Å². The zero-order valence-corrected chi connectivity index (χ0v) is 13.5. The molecular formula is C14H10FIN2O2S. The molecule has 2 aromatic rings. The number of thiocarbonyl (C=S) groups is 1. The first-order chi connectivity index (χ1) is 9.88. The van der Waals surface area contributed by atoms with Crippen molar-refractivity contribution in [1.29, 1.82) is 0 Å². The molecule has 2 rings (SSSR count). The maximum absolute atomic E-state index is 13.2. The lowest BCUT2D eigenvalue weighted by Crippen LogP contribution is -2.18. The van der Waals surface area contributed by atoms with Gasteiger partial charge in [0.25, 0.3) is 5.91 Å². The number of anilines is 1. The first kappa shape index (κ1) is 15.6. The van der Waals surface area contributed by atoms with Crippen LogP contribution in [0.3, 0.4) is 0 Å². The zero-order valence-electron chi connectivity index (χ0n) is 10.6. The molecule has 0 spiro atoms. The molecule has 0 aliphatic heterocycles. The summed E-state index contributed by atoms with van der Waals surface area (Å²) < 4.78 is 13.8. The normalized spacial score (nSPS) is 10.2. The van der Waals surface area contributed by atoms with Crippen molar-refractivity contribution in [3.63, 3.8) is 0 Å². The standard InChI is InChI=1S/C14H10FIN2O2S/c15-8-2-4-11(9(6-8)13(17)21)18-14(20)7-1-3-10(16)12(19)5-7/h1-6,19H,(H2,17,21)(H,18,20).